The van der Waals surface area contributed by atoms with Crippen LogP contribution in [0.15, 0.2) is 71.8 Å². The number of rotatable bonds is 4. The monoisotopic (exact) mass is 551 g/mol. The van der Waals surface area contributed by atoms with Crippen molar-refractivity contribution >= 4 is 22.9 Å². The first-order valence-electron chi connectivity index (χ1n) is 12.3. The van der Waals surface area contributed by atoms with E-state index < -0.39 is 12.1 Å². The van der Waals surface area contributed by atoms with Crippen LogP contribution < -0.4 is 11.1 Å². The predicted octanol–water partition coefficient (Wildman–Crippen LogP) is 4.96. The molecule has 10 nitrogen and oxygen atoms in total. The van der Waals surface area contributed by atoms with Gasteiger partial charge >= 0.3 is 12.1 Å². The number of carboxylic acids is 1. The van der Waals surface area contributed by atoms with Gasteiger partial charge in [-0.3, -0.25) is 9.67 Å². The van der Waals surface area contributed by atoms with E-state index in [1.54, 1.807) is 12.4 Å². The first-order valence-corrected chi connectivity index (χ1v) is 12.3. The fraction of sp³-hybridized carbons (Fsp3) is 0.222. The van der Waals surface area contributed by atoms with Gasteiger partial charge in [-0.2, -0.15) is 18.3 Å². The predicted molar refractivity (Wildman–Crippen MR) is 141 cm³/mol. The molecule has 5 heterocycles. The third kappa shape index (κ3) is 5.94. The Morgan fingerprint density at radius 3 is 2.52 bits per heavy atom. The van der Waals surface area contributed by atoms with Crippen LogP contribution in [0.5, 0.6) is 0 Å². The zero-order valence-electron chi connectivity index (χ0n) is 21.0. The molecule has 13 heteroatoms. The van der Waals surface area contributed by atoms with Gasteiger partial charge in [0.25, 0.3) is 0 Å². The molecular weight excluding hydrogens is 527 g/mol. The fourth-order valence-electron chi connectivity index (χ4n) is 4.32. The minimum absolute atomic E-state index is 0.378. The number of nitrogens with one attached hydrogen (secondary N) is 1. The molecule has 0 spiro atoms. The first-order chi connectivity index (χ1) is 19.2. The van der Waals surface area contributed by atoms with Gasteiger partial charge in [0.1, 0.15) is 11.3 Å². The average Bonchev–Trinajstić information content (AvgIpc) is 3.62. The van der Waals surface area contributed by atoms with Crippen molar-refractivity contribution in [2.75, 3.05) is 18.8 Å². The van der Waals surface area contributed by atoms with Crippen molar-refractivity contribution in [3.05, 3.63) is 67.4 Å². The van der Waals surface area contributed by atoms with Crippen molar-refractivity contribution < 1.29 is 27.5 Å². The topological polar surface area (TPSA) is 145 Å². The highest BCUT2D eigenvalue weighted by atomic mass is 19.4. The Balaban J connectivity index is 0.000000411. The zero-order chi connectivity index (χ0) is 28.3. The molecule has 0 aliphatic carbocycles. The molecule has 0 radical (unpaired) electrons. The van der Waals surface area contributed by atoms with Gasteiger partial charge in [0.2, 0.25) is 5.89 Å². The first kappa shape index (κ1) is 26.8. The van der Waals surface area contributed by atoms with E-state index in [2.05, 4.69) is 36.2 Å². The maximum atomic E-state index is 10.6. The normalized spacial score (nSPS) is 14.1. The number of nitrogen functional groups attached to an aromatic ring is 1. The van der Waals surface area contributed by atoms with Crippen LogP contribution in [-0.2, 0) is 4.79 Å². The number of aliphatic carboxylic acids is 1. The highest BCUT2D eigenvalue weighted by Gasteiger charge is 2.38. The molecule has 6 rings (SSSR count). The molecule has 0 amide bonds. The van der Waals surface area contributed by atoms with Crippen LogP contribution in [0.25, 0.3) is 44.8 Å². The van der Waals surface area contributed by atoms with Crippen LogP contribution in [0.3, 0.4) is 0 Å². The van der Waals surface area contributed by atoms with Crippen molar-refractivity contribution in [1.29, 1.82) is 0 Å². The third-order valence-corrected chi connectivity index (χ3v) is 6.39. The Labute approximate surface area is 225 Å². The van der Waals surface area contributed by atoms with Gasteiger partial charge in [0.15, 0.2) is 5.58 Å². The SMILES string of the molecule is Nc1ncc(-c2cnn(C3CCNCC3)c2)cc1-c1nc2ccc(-c3cccnc3)cc2o1.O=C(O)C(F)(F)F. The number of oxazole rings is 1. The van der Waals surface area contributed by atoms with E-state index in [0.717, 1.165) is 53.7 Å². The summed E-state index contributed by atoms with van der Waals surface area (Å²) in [5.41, 5.74) is 12.3. The number of benzene rings is 1. The number of carbonyl (C=O) groups is 1. The molecule has 1 saturated heterocycles. The van der Waals surface area contributed by atoms with Crippen molar-refractivity contribution in [2.24, 2.45) is 0 Å². The number of anilines is 1. The molecule has 5 aromatic rings. The lowest BCUT2D eigenvalue weighted by molar-refractivity contribution is -0.192. The molecule has 0 unspecified atom stereocenters. The second-order valence-electron chi connectivity index (χ2n) is 9.09. The summed E-state index contributed by atoms with van der Waals surface area (Å²) >= 11 is 0. The molecule has 1 aromatic carbocycles. The standard InChI is InChI=1S/C25H23N7O.C2HF3O2/c26-24-21(10-18(13-29-24)19-14-30-32(15-19)20-5-8-27-9-6-20)25-31-22-4-3-16(11-23(22)33-25)17-2-1-7-28-12-17;3-2(4,5)1(6)7/h1-4,7,10-15,20,27H,5-6,8-9H2,(H2,26,29);(H,6,7). The van der Waals surface area contributed by atoms with Crippen LogP contribution >= 0.6 is 0 Å². The summed E-state index contributed by atoms with van der Waals surface area (Å²) in [7, 11) is 0. The lowest BCUT2D eigenvalue weighted by Crippen LogP contribution is -2.29. The summed E-state index contributed by atoms with van der Waals surface area (Å²) in [5.74, 6) is -1.93. The molecule has 0 atom stereocenters. The summed E-state index contributed by atoms with van der Waals surface area (Å²) in [6.07, 6.45) is 6.39. The van der Waals surface area contributed by atoms with Gasteiger partial charge in [0, 0.05) is 41.5 Å². The Kier molecular flexibility index (Phi) is 7.47. The molecule has 40 heavy (non-hydrogen) atoms. The van der Waals surface area contributed by atoms with Crippen LogP contribution in [0, 0.1) is 0 Å². The van der Waals surface area contributed by atoms with Crippen molar-refractivity contribution in [2.45, 2.75) is 25.1 Å². The van der Waals surface area contributed by atoms with Crippen LogP contribution in [0.2, 0.25) is 0 Å². The third-order valence-electron chi connectivity index (χ3n) is 6.39. The van der Waals surface area contributed by atoms with Gasteiger partial charge in [-0.1, -0.05) is 12.1 Å². The number of aromatic nitrogens is 5. The van der Waals surface area contributed by atoms with Gasteiger partial charge < -0.3 is 20.6 Å². The van der Waals surface area contributed by atoms with Gasteiger partial charge in [-0.15, -0.1) is 0 Å². The maximum Gasteiger partial charge on any atom is 0.490 e. The molecule has 1 fully saturated rings. The number of nitrogens with zero attached hydrogens (tertiary/aromatic N) is 5. The Morgan fingerprint density at radius 1 is 1.05 bits per heavy atom. The number of halogens is 3. The number of piperidine rings is 1. The second-order valence-corrected chi connectivity index (χ2v) is 9.09. The number of pyridine rings is 2. The minimum Gasteiger partial charge on any atom is -0.475 e. The fourth-order valence-corrected chi connectivity index (χ4v) is 4.32. The summed E-state index contributed by atoms with van der Waals surface area (Å²) in [5, 5.41) is 15.1. The van der Waals surface area contributed by atoms with E-state index in [1.165, 1.54) is 0 Å². The van der Waals surface area contributed by atoms with Crippen molar-refractivity contribution in [3.63, 3.8) is 0 Å². The van der Waals surface area contributed by atoms with E-state index in [0.29, 0.717) is 28.9 Å². The summed E-state index contributed by atoms with van der Waals surface area (Å²) < 4.78 is 39.9. The smallest absolute Gasteiger partial charge is 0.475 e. The summed E-state index contributed by atoms with van der Waals surface area (Å²) in [6, 6.07) is 12.3. The molecule has 4 aromatic heterocycles. The van der Waals surface area contributed by atoms with Gasteiger partial charge in [-0.25, -0.2) is 14.8 Å². The molecule has 0 bridgehead atoms. The van der Waals surface area contributed by atoms with Gasteiger partial charge in [-0.05, 0) is 55.8 Å². The minimum atomic E-state index is -5.08. The number of nitrogens with two attached hydrogens (primary N) is 1. The second kappa shape index (κ2) is 11.1. The van der Waals surface area contributed by atoms with Crippen molar-refractivity contribution in [1.82, 2.24) is 30.0 Å². The van der Waals surface area contributed by atoms with E-state index in [4.69, 9.17) is 20.1 Å². The molecule has 4 N–H and O–H groups in total. The molecule has 206 valence electrons. The average molecular weight is 552 g/mol. The number of fused-ring (bicyclic) bond motifs is 1. The number of alkyl halides is 3. The molecule has 0 saturated carbocycles. The number of hydrogen-bond acceptors (Lipinski definition) is 8. The maximum absolute atomic E-state index is 10.6. The highest BCUT2D eigenvalue weighted by Crippen LogP contribution is 2.33. The lowest BCUT2D eigenvalue weighted by atomic mass is 10.1. The summed E-state index contributed by atoms with van der Waals surface area (Å²) in [4.78, 5) is 22.2. The molecule has 1 aliphatic rings. The Hall–Kier alpha value is -4.78. The molecule has 1 aliphatic heterocycles. The van der Waals surface area contributed by atoms with E-state index in [1.807, 2.05) is 48.8 Å². The molecular formula is C27H24F3N7O3. The quantitative estimate of drug-likeness (QED) is 0.282. The number of hydrogen-bond donors (Lipinski definition) is 3. The number of carboxylic acid groups (broad SMARTS) is 1. The zero-order valence-corrected chi connectivity index (χ0v) is 21.0. The van der Waals surface area contributed by atoms with Crippen molar-refractivity contribution in [3.8, 4) is 33.7 Å². The Morgan fingerprint density at radius 2 is 1.82 bits per heavy atom. The highest BCUT2D eigenvalue weighted by molar-refractivity contribution is 5.84. The summed E-state index contributed by atoms with van der Waals surface area (Å²) in [6.45, 7) is 2.04. The van der Waals surface area contributed by atoms with E-state index >= 15 is 0 Å². The largest absolute Gasteiger partial charge is 0.490 e. The lowest BCUT2D eigenvalue weighted by Gasteiger charge is -2.22. The Bertz CT molecular complexity index is 1630. The van der Waals surface area contributed by atoms with Crippen LogP contribution in [-0.4, -0.2) is 55.1 Å². The van der Waals surface area contributed by atoms with Gasteiger partial charge in [0.05, 0.1) is 17.8 Å². The van der Waals surface area contributed by atoms with E-state index in [-0.39, 0.29) is 0 Å². The van der Waals surface area contributed by atoms with Crippen LogP contribution in [0.1, 0.15) is 18.9 Å². The van der Waals surface area contributed by atoms with Crippen LogP contribution in [0.4, 0.5) is 19.0 Å². The van der Waals surface area contributed by atoms with E-state index in [9.17, 15) is 13.2 Å².